The summed E-state index contributed by atoms with van der Waals surface area (Å²) in [6, 6.07) is 6.52. The molecule has 1 saturated carbocycles. The molecule has 0 saturated heterocycles. The molecule has 106 valence electrons. The molecule has 1 aliphatic rings. The summed E-state index contributed by atoms with van der Waals surface area (Å²) in [7, 11) is 0. The summed E-state index contributed by atoms with van der Waals surface area (Å²) >= 11 is 11.1. The Kier molecular flexibility index (Phi) is 4.71. The van der Waals surface area contributed by atoms with E-state index in [0.717, 1.165) is 50.5 Å². The minimum absolute atomic E-state index is 0.719. The van der Waals surface area contributed by atoms with Crippen molar-refractivity contribution in [1.82, 2.24) is 15.5 Å². The van der Waals surface area contributed by atoms with Crippen LogP contribution in [0.15, 0.2) is 22.7 Å². The molecule has 6 heteroatoms. The number of benzene rings is 1. The molecular formula is C14H15BrClN3S. The number of halogens is 2. The molecule has 0 amide bonds. The number of nitrogens with one attached hydrogen (secondary N) is 1. The van der Waals surface area contributed by atoms with Crippen molar-refractivity contribution < 1.29 is 0 Å². The number of nitrogens with zero attached hydrogens (tertiary/aromatic N) is 2. The second-order valence-corrected chi connectivity index (χ2v) is 7.31. The number of hydrogen-bond acceptors (Lipinski definition) is 4. The van der Waals surface area contributed by atoms with Crippen LogP contribution in [-0.2, 0) is 6.42 Å². The largest absolute Gasteiger partial charge is 0.314 e. The van der Waals surface area contributed by atoms with E-state index < -0.39 is 0 Å². The summed E-state index contributed by atoms with van der Waals surface area (Å²) < 4.78 is 0.961. The predicted octanol–water partition coefficient (Wildman–Crippen LogP) is 4.31. The Morgan fingerprint density at radius 1 is 1.35 bits per heavy atom. The molecule has 2 aromatic rings. The highest BCUT2D eigenvalue weighted by Crippen LogP contribution is 2.32. The SMILES string of the molecule is Clc1ccc(-c2nnc(CCCNC3CC3)s2)c(Br)c1. The van der Waals surface area contributed by atoms with Crippen LogP contribution in [0.2, 0.25) is 5.02 Å². The maximum absolute atomic E-state index is 5.96. The van der Waals surface area contributed by atoms with Crippen molar-refractivity contribution in [3.63, 3.8) is 0 Å². The average Bonchev–Trinajstić information content (AvgIpc) is 3.13. The Morgan fingerprint density at radius 3 is 2.95 bits per heavy atom. The maximum Gasteiger partial charge on any atom is 0.148 e. The van der Waals surface area contributed by atoms with Crippen LogP contribution < -0.4 is 5.32 Å². The van der Waals surface area contributed by atoms with Gasteiger partial charge in [0.05, 0.1) is 0 Å². The summed E-state index contributed by atoms with van der Waals surface area (Å²) in [5, 5.41) is 14.8. The zero-order valence-electron chi connectivity index (χ0n) is 10.9. The fourth-order valence-electron chi connectivity index (χ4n) is 1.96. The molecule has 3 rings (SSSR count). The van der Waals surface area contributed by atoms with Crippen molar-refractivity contribution in [2.75, 3.05) is 6.54 Å². The first-order valence-electron chi connectivity index (χ1n) is 6.73. The van der Waals surface area contributed by atoms with Crippen LogP contribution in [0.25, 0.3) is 10.6 Å². The van der Waals surface area contributed by atoms with Gasteiger partial charge < -0.3 is 5.32 Å². The Labute approximate surface area is 135 Å². The van der Waals surface area contributed by atoms with Crippen molar-refractivity contribution in [3.05, 3.63) is 32.7 Å². The van der Waals surface area contributed by atoms with Gasteiger partial charge in [-0.3, -0.25) is 0 Å². The Morgan fingerprint density at radius 2 is 2.20 bits per heavy atom. The van der Waals surface area contributed by atoms with Gasteiger partial charge in [0.25, 0.3) is 0 Å². The second-order valence-electron chi connectivity index (χ2n) is 4.96. The Bertz CT molecular complexity index is 598. The number of rotatable bonds is 6. The van der Waals surface area contributed by atoms with Crippen LogP contribution in [0, 0.1) is 0 Å². The smallest absolute Gasteiger partial charge is 0.148 e. The second kappa shape index (κ2) is 6.52. The van der Waals surface area contributed by atoms with Gasteiger partial charge in [0.2, 0.25) is 0 Å². The number of aromatic nitrogens is 2. The molecule has 1 N–H and O–H groups in total. The normalized spacial score (nSPS) is 14.7. The number of hydrogen-bond donors (Lipinski definition) is 1. The van der Waals surface area contributed by atoms with E-state index in [1.807, 2.05) is 18.2 Å². The predicted molar refractivity (Wildman–Crippen MR) is 87.4 cm³/mol. The first kappa shape index (κ1) is 14.4. The van der Waals surface area contributed by atoms with Gasteiger partial charge in [-0.15, -0.1) is 10.2 Å². The van der Waals surface area contributed by atoms with Gasteiger partial charge in [0, 0.05) is 27.5 Å². The average molecular weight is 373 g/mol. The molecule has 3 nitrogen and oxygen atoms in total. The molecule has 1 heterocycles. The van der Waals surface area contributed by atoms with E-state index in [0.29, 0.717) is 0 Å². The van der Waals surface area contributed by atoms with Crippen molar-refractivity contribution in [3.8, 4) is 10.6 Å². The summed E-state index contributed by atoms with van der Waals surface area (Å²) in [5.74, 6) is 0. The van der Waals surface area contributed by atoms with Crippen LogP contribution in [0.3, 0.4) is 0 Å². The van der Waals surface area contributed by atoms with Gasteiger partial charge in [0.15, 0.2) is 0 Å². The minimum Gasteiger partial charge on any atom is -0.314 e. The van der Waals surface area contributed by atoms with Crippen molar-refractivity contribution >= 4 is 38.9 Å². The zero-order valence-corrected chi connectivity index (χ0v) is 14.1. The van der Waals surface area contributed by atoms with Crippen LogP contribution in [0.4, 0.5) is 0 Å². The molecule has 0 atom stereocenters. The van der Waals surface area contributed by atoms with E-state index in [2.05, 4.69) is 31.4 Å². The van der Waals surface area contributed by atoms with Crippen molar-refractivity contribution in [1.29, 1.82) is 0 Å². The van der Waals surface area contributed by atoms with E-state index in [1.54, 1.807) is 11.3 Å². The van der Waals surface area contributed by atoms with E-state index in [4.69, 9.17) is 11.6 Å². The van der Waals surface area contributed by atoms with Crippen LogP contribution in [0.1, 0.15) is 24.3 Å². The molecule has 1 aliphatic carbocycles. The lowest BCUT2D eigenvalue weighted by Crippen LogP contribution is -2.17. The van der Waals surface area contributed by atoms with Gasteiger partial charge in [-0.25, -0.2) is 0 Å². The lowest BCUT2D eigenvalue weighted by molar-refractivity contribution is 0.643. The lowest BCUT2D eigenvalue weighted by Gasteiger charge is -2.00. The van der Waals surface area contributed by atoms with Crippen molar-refractivity contribution in [2.45, 2.75) is 31.7 Å². The summed E-state index contributed by atoms with van der Waals surface area (Å²) in [6.45, 7) is 1.07. The molecule has 0 aliphatic heterocycles. The van der Waals surface area contributed by atoms with Gasteiger partial charge in [-0.05, 0) is 44.0 Å². The maximum atomic E-state index is 5.96. The lowest BCUT2D eigenvalue weighted by atomic mass is 10.2. The van der Waals surface area contributed by atoms with E-state index >= 15 is 0 Å². The minimum atomic E-state index is 0.719. The third-order valence-electron chi connectivity index (χ3n) is 3.21. The first-order chi connectivity index (χ1) is 9.72. The highest BCUT2D eigenvalue weighted by Gasteiger charge is 2.19. The van der Waals surface area contributed by atoms with Crippen LogP contribution in [0.5, 0.6) is 0 Å². The molecule has 20 heavy (non-hydrogen) atoms. The quantitative estimate of drug-likeness (QED) is 0.768. The third-order valence-corrected chi connectivity index (χ3v) is 5.11. The molecule has 1 fully saturated rings. The highest BCUT2D eigenvalue weighted by molar-refractivity contribution is 9.10. The van der Waals surface area contributed by atoms with E-state index in [9.17, 15) is 0 Å². The molecule has 0 radical (unpaired) electrons. The number of aryl methyl sites for hydroxylation is 1. The van der Waals surface area contributed by atoms with E-state index in [-0.39, 0.29) is 0 Å². The van der Waals surface area contributed by atoms with Crippen molar-refractivity contribution in [2.24, 2.45) is 0 Å². The molecule has 1 aromatic heterocycles. The van der Waals surface area contributed by atoms with Gasteiger partial charge in [-0.2, -0.15) is 0 Å². The zero-order chi connectivity index (χ0) is 13.9. The fourth-order valence-corrected chi connectivity index (χ4v) is 3.88. The summed E-state index contributed by atoms with van der Waals surface area (Å²) in [4.78, 5) is 0. The molecule has 0 bridgehead atoms. The van der Waals surface area contributed by atoms with E-state index in [1.165, 1.54) is 12.8 Å². The fraction of sp³-hybridized carbons (Fsp3) is 0.429. The van der Waals surface area contributed by atoms with Gasteiger partial charge in [-0.1, -0.05) is 38.9 Å². The standard InChI is InChI=1S/C14H15BrClN3S/c15-12-8-9(16)3-6-11(12)14-19-18-13(20-14)2-1-7-17-10-4-5-10/h3,6,8,10,17H,1-2,4-5,7H2. The van der Waals surface area contributed by atoms with Crippen LogP contribution in [-0.4, -0.2) is 22.8 Å². The monoisotopic (exact) mass is 371 g/mol. The third kappa shape index (κ3) is 3.79. The Balaban J connectivity index is 1.60. The molecule has 1 aromatic carbocycles. The molecule has 0 unspecified atom stereocenters. The summed E-state index contributed by atoms with van der Waals surface area (Å²) in [5.41, 5.74) is 1.05. The topological polar surface area (TPSA) is 37.8 Å². The first-order valence-corrected chi connectivity index (χ1v) is 8.72. The summed E-state index contributed by atoms with van der Waals surface area (Å²) in [6.07, 6.45) is 4.79. The Hall–Kier alpha value is -0.490. The van der Waals surface area contributed by atoms with Gasteiger partial charge in [0.1, 0.15) is 10.0 Å². The molecular weight excluding hydrogens is 358 g/mol. The van der Waals surface area contributed by atoms with Crippen LogP contribution >= 0.6 is 38.9 Å². The van der Waals surface area contributed by atoms with Gasteiger partial charge >= 0.3 is 0 Å². The highest BCUT2D eigenvalue weighted by atomic mass is 79.9. The molecule has 0 spiro atoms.